The molecule has 1 aromatic carbocycles. The van der Waals surface area contributed by atoms with Gasteiger partial charge in [0, 0.05) is 12.2 Å². The minimum Gasteiger partial charge on any atom is -0.497 e. The highest BCUT2D eigenvalue weighted by Gasteiger charge is 2.08. The molecule has 0 aliphatic heterocycles. The van der Waals surface area contributed by atoms with Gasteiger partial charge in [-0.25, -0.2) is 0 Å². The van der Waals surface area contributed by atoms with E-state index in [4.69, 9.17) is 9.84 Å². The number of hydrogen-bond acceptors (Lipinski definition) is 4. The van der Waals surface area contributed by atoms with Crippen molar-refractivity contribution in [3.8, 4) is 5.75 Å². The predicted octanol–water partition coefficient (Wildman–Crippen LogP) is 1.27. The third-order valence-electron chi connectivity index (χ3n) is 2.42. The first-order valence-corrected chi connectivity index (χ1v) is 6.24. The smallest absolute Gasteiger partial charge is 0.267 e. The second-order valence-corrected chi connectivity index (χ2v) is 4.22. The lowest BCUT2D eigenvalue weighted by atomic mass is 10.1. The number of carbonyl (C=O) groups excluding carboxylic acids is 1. The van der Waals surface area contributed by atoms with Crippen LogP contribution in [0.5, 0.6) is 5.75 Å². The summed E-state index contributed by atoms with van der Waals surface area (Å²) in [7, 11) is 1.60. The topological polar surface area (TPSA) is 70.6 Å². The molecule has 0 aliphatic carbocycles. The number of methoxy groups -OCH3 is 1. The summed E-state index contributed by atoms with van der Waals surface area (Å²) in [5.41, 5.74) is 1.88. The van der Waals surface area contributed by atoms with Crippen LogP contribution >= 0.6 is 0 Å². The Morgan fingerprint density at radius 2 is 2.05 bits per heavy atom. The average molecular weight is 276 g/mol. The van der Waals surface area contributed by atoms with Gasteiger partial charge in [-0.2, -0.15) is 0 Å². The Hall–Kier alpha value is -2.27. The Morgan fingerprint density at radius 1 is 1.40 bits per heavy atom. The lowest BCUT2D eigenvalue weighted by Gasteiger charge is -2.11. The molecule has 0 atom stereocenters. The van der Waals surface area contributed by atoms with Crippen molar-refractivity contribution in [3.05, 3.63) is 47.8 Å². The number of nitrogens with one attached hydrogen (secondary N) is 2. The Kier molecular flexibility index (Phi) is 6.32. The van der Waals surface area contributed by atoms with Crippen LogP contribution in [0.3, 0.4) is 0 Å². The molecule has 5 heteroatoms. The molecule has 0 saturated heterocycles. The number of ether oxygens (including phenoxy) is 1. The van der Waals surface area contributed by atoms with Crippen LogP contribution in [0, 0.1) is 0 Å². The number of amides is 1. The highest BCUT2D eigenvalue weighted by atomic mass is 16.5. The molecule has 0 aliphatic rings. The van der Waals surface area contributed by atoms with E-state index in [2.05, 4.69) is 17.2 Å². The fourth-order valence-electron chi connectivity index (χ4n) is 1.52. The summed E-state index contributed by atoms with van der Waals surface area (Å²) < 4.78 is 5.08. The third-order valence-corrected chi connectivity index (χ3v) is 2.42. The molecule has 1 rings (SSSR count). The van der Waals surface area contributed by atoms with E-state index in [9.17, 15) is 4.79 Å². The van der Waals surface area contributed by atoms with E-state index in [1.807, 2.05) is 24.3 Å². The number of allylic oxidation sites excluding steroid dienone is 1. The summed E-state index contributed by atoms with van der Waals surface area (Å²) in [6.45, 7) is 5.59. The van der Waals surface area contributed by atoms with E-state index in [1.54, 1.807) is 20.1 Å². The fourth-order valence-corrected chi connectivity index (χ4v) is 1.52. The second kappa shape index (κ2) is 8.01. The molecule has 108 valence electrons. The van der Waals surface area contributed by atoms with Gasteiger partial charge in [0.15, 0.2) is 0 Å². The van der Waals surface area contributed by atoms with E-state index < -0.39 is 0 Å². The number of aliphatic hydroxyl groups is 1. The Morgan fingerprint density at radius 3 is 2.55 bits per heavy atom. The standard InChI is InChI=1S/C15H20N2O3/c1-11(2)17-14(15(19)16-8-9-18)10-12-4-6-13(20-3)7-5-12/h4-7,10,17-18H,1,8-9H2,2-3H3,(H,16,19)/b14-10-. The summed E-state index contributed by atoms with van der Waals surface area (Å²) in [6.07, 6.45) is 1.71. The van der Waals surface area contributed by atoms with E-state index >= 15 is 0 Å². The van der Waals surface area contributed by atoms with Crippen LogP contribution in [0.15, 0.2) is 42.2 Å². The summed E-state index contributed by atoms with van der Waals surface area (Å²) >= 11 is 0. The molecule has 1 aromatic rings. The normalized spacial score (nSPS) is 10.8. The minimum atomic E-state index is -0.294. The van der Waals surface area contributed by atoms with Crippen LogP contribution in [-0.4, -0.2) is 31.3 Å². The van der Waals surface area contributed by atoms with Gasteiger partial charge >= 0.3 is 0 Å². The maximum absolute atomic E-state index is 11.9. The van der Waals surface area contributed by atoms with Crippen LogP contribution in [0.4, 0.5) is 0 Å². The van der Waals surface area contributed by atoms with Crippen molar-refractivity contribution in [2.45, 2.75) is 6.92 Å². The van der Waals surface area contributed by atoms with Crippen molar-refractivity contribution in [3.63, 3.8) is 0 Å². The van der Waals surface area contributed by atoms with E-state index in [1.165, 1.54) is 0 Å². The molecule has 0 bridgehead atoms. The Labute approximate surface area is 119 Å². The van der Waals surface area contributed by atoms with Gasteiger partial charge in [-0.15, -0.1) is 0 Å². The monoisotopic (exact) mass is 276 g/mol. The Bertz CT molecular complexity index is 492. The molecule has 5 nitrogen and oxygen atoms in total. The lowest BCUT2D eigenvalue weighted by molar-refractivity contribution is -0.117. The molecule has 0 fully saturated rings. The van der Waals surface area contributed by atoms with Gasteiger partial charge < -0.3 is 20.5 Å². The maximum Gasteiger partial charge on any atom is 0.267 e. The predicted molar refractivity (Wildman–Crippen MR) is 79.0 cm³/mol. The summed E-state index contributed by atoms with van der Waals surface area (Å²) in [5.74, 6) is 0.458. The molecule has 1 amide bonds. The van der Waals surface area contributed by atoms with Crippen molar-refractivity contribution in [2.24, 2.45) is 0 Å². The van der Waals surface area contributed by atoms with Gasteiger partial charge in [-0.05, 0) is 30.7 Å². The zero-order chi connectivity index (χ0) is 15.0. The fraction of sp³-hybridized carbons (Fsp3) is 0.267. The van der Waals surface area contributed by atoms with Gasteiger partial charge in [0.25, 0.3) is 5.91 Å². The van der Waals surface area contributed by atoms with Crippen molar-refractivity contribution >= 4 is 12.0 Å². The summed E-state index contributed by atoms with van der Waals surface area (Å²) in [4.78, 5) is 11.9. The number of hydrogen-bond donors (Lipinski definition) is 3. The molecular formula is C15H20N2O3. The first kappa shape index (κ1) is 15.8. The number of rotatable bonds is 7. The van der Waals surface area contributed by atoms with Gasteiger partial charge in [-0.1, -0.05) is 18.7 Å². The average Bonchev–Trinajstić information content (AvgIpc) is 2.44. The second-order valence-electron chi connectivity index (χ2n) is 4.22. The quantitative estimate of drug-likeness (QED) is 0.656. The molecular weight excluding hydrogens is 256 g/mol. The van der Waals surface area contributed by atoms with Crippen molar-refractivity contribution < 1.29 is 14.6 Å². The van der Waals surface area contributed by atoms with Crippen molar-refractivity contribution in [1.29, 1.82) is 0 Å². The van der Waals surface area contributed by atoms with Crippen LogP contribution < -0.4 is 15.4 Å². The molecule has 0 spiro atoms. The van der Waals surface area contributed by atoms with Crippen molar-refractivity contribution in [2.75, 3.05) is 20.3 Å². The third kappa shape index (κ3) is 5.16. The molecule has 3 N–H and O–H groups in total. The summed E-state index contributed by atoms with van der Waals surface area (Å²) in [5, 5.41) is 14.2. The van der Waals surface area contributed by atoms with Crippen LogP contribution in [0.25, 0.3) is 6.08 Å². The number of aliphatic hydroxyl groups excluding tert-OH is 1. The van der Waals surface area contributed by atoms with Gasteiger partial charge in [-0.3, -0.25) is 4.79 Å². The number of benzene rings is 1. The summed E-state index contributed by atoms with van der Waals surface area (Å²) in [6, 6.07) is 7.32. The lowest BCUT2D eigenvalue weighted by Crippen LogP contribution is -2.32. The van der Waals surface area contributed by atoms with Gasteiger partial charge in [0.05, 0.1) is 13.7 Å². The first-order valence-electron chi connectivity index (χ1n) is 6.24. The zero-order valence-electron chi connectivity index (χ0n) is 11.8. The van der Waals surface area contributed by atoms with Crippen LogP contribution in [0.1, 0.15) is 12.5 Å². The van der Waals surface area contributed by atoms with E-state index in [0.29, 0.717) is 11.4 Å². The van der Waals surface area contributed by atoms with Crippen LogP contribution in [0.2, 0.25) is 0 Å². The largest absolute Gasteiger partial charge is 0.497 e. The van der Waals surface area contributed by atoms with E-state index in [-0.39, 0.29) is 19.1 Å². The van der Waals surface area contributed by atoms with Crippen molar-refractivity contribution in [1.82, 2.24) is 10.6 Å². The molecule has 20 heavy (non-hydrogen) atoms. The Balaban J connectivity index is 2.92. The van der Waals surface area contributed by atoms with Gasteiger partial charge in [0.1, 0.15) is 11.4 Å². The molecule has 0 heterocycles. The maximum atomic E-state index is 11.9. The minimum absolute atomic E-state index is 0.103. The molecule has 0 radical (unpaired) electrons. The SMILES string of the molecule is C=C(C)N/C(=C\c1ccc(OC)cc1)C(=O)NCCO. The van der Waals surface area contributed by atoms with E-state index in [0.717, 1.165) is 11.3 Å². The zero-order valence-corrected chi connectivity index (χ0v) is 11.8. The molecule has 0 unspecified atom stereocenters. The first-order chi connectivity index (χ1) is 9.56. The highest BCUT2D eigenvalue weighted by Crippen LogP contribution is 2.13. The number of carbonyl (C=O) groups is 1. The van der Waals surface area contributed by atoms with Crippen LogP contribution in [-0.2, 0) is 4.79 Å². The van der Waals surface area contributed by atoms with Gasteiger partial charge in [0.2, 0.25) is 0 Å². The highest BCUT2D eigenvalue weighted by molar-refractivity contribution is 5.97. The molecule has 0 aromatic heterocycles. The molecule has 0 saturated carbocycles.